The summed E-state index contributed by atoms with van der Waals surface area (Å²) in [6.45, 7) is 9.79. The number of aliphatic carboxylic acids is 1. The topological polar surface area (TPSA) is 98.8 Å². The second kappa shape index (κ2) is 12.5. The maximum atomic E-state index is 11.1. The summed E-state index contributed by atoms with van der Waals surface area (Å²) in [5.74, 6) is 0.307. The average molecular weight is 522 g/mol. The van der Waals surface area contributed by atoms with Crippen molar-refractivity contribution in [1.82, 2.24) is 0 Å². The van der Waals surface area contributed by atoms with Gasteiger partial charge in [0.15, 0.2) is 0 Å². The van der Waals surface area contributed by atoms with Crippen molar-refractivity contribution in [3.05, 3.63) is 53.1 Å². The van der Waals surface area contributed by atoms with Crippen molar-refractivity contribution in [2.75, 3.05) is 13.7 Å². The van der Waals surface area contributed by atoms with E-state index >= 15 is 0 Å². The minimum absolute atomic E-state index is 0.0249. The van der Waals surface area contributed by atoms with Crippen LogP contribution in [0.1, 0.15) is 95.8 Å². The summed E-state index contributed by atoms with van der Waals surface area (Å²) in [6, 6.07) is 10.2. The van der Waals surface area contributed by atoms with Gasteiger partial charge in [-0.2, -0.15) is 0 Å². The van der Waals surface area contributed by atoms with E-state index < -0.39 is 5.97 Å². The van der Waals surface area contributed by atoms with E-state index in [0.29, 0.717) is 18.8 Å². The molecule has 0 saturated carbocycles. The molecule has 0 aliphatic heterocycles. The minimum Gasteiger partial charge on any atom is -0.496 e. The molecule has 0 spiro atoms. The van der Waals surface area contributed by atoms with Gasteiger partial charge in [0.2, 0.25) is 5.91 Å². The van der Waals surface area contributed by atoms with Crippen molar-refractivity contribution in [2.24, 2.45) is 5.73 Å². The first-order valence-electron chi connectivity index (χ1n) is 13.6. The molecule has 0 saturated heterocycles. The van der Waals surface area contributed by atoms with Gasteiger partial charge in [0.1, 0.15) is 11.5 Å². The molecule has 1 amide bonds. The van der Waals surface area contributed by atoms with E-state index in [1.165, 1.54) is 11.1 Å². The van der Waals surface area contributed by atoms with E-state index in [0.717, 1.165) is 73.5 Å². The lowest BCUT2D eigenvalue weighted by Gasteiger charge is -2.42. The zero-order chi connectivity index (χ0) is 27.9. The third-order valence-corrected chi connectivity index (χ3v) is 7.71. The fraction of sp³-hybridized carbons (Fsp3) is 0.500. The van der Waals surface area contributed by atoms with Crippen molar-refractivity contribution in [2.45, 2.75) is 89.9 Å². The largest absolute Gasteiger partial charge is 0.496 e. The summed E-state index contributed by atoms with van der Waals surface area (Å²) >= 11 is 0. The molecule has 0 aromatic heterocycles. The molecule has 6 heteroatoms. The zero-order valence-corrected chi connectivity index (χ0v) is 23.6. The van der Waals surface area contributed by atoms with E-state index in [2.05, 4.69) is 39.8 Å². The Morgan fingerprint density at radius 1 is 0.895 bits per heavy atom. The van der Waals surface area contributed by atoms with Crippen LogP contribution in [0.3, 0.4) is 0 Å². The molecule has 0 radical (unpaired) electrons. The van der Waals surface area contributed by atoms with Crippen LogP contribution in [0.15, 0.2) is 36.4 Å². The molecule has 0 fully saturated rings. The molecular weight excluding hydrogens is 478 g/mol. The molecule has 0 heterocycles. The van der Waals surface area contributed by atoms with Gasteiger partial charge in [0, 0.05) is 23.6 Å². The van der Waals surface area contributed by atoms with Crippen LogP contribution >= 0.6 is 0 Å². The summed E-state index contributed by atoms with van der Waals surface area (Å²) in [7, 11) is 1.65. The number of carboxylic acid groups (broad SMARTS) is 1. The third-order valence-electron chi connectivity index (χ3n) is 7.71. The highest BCUT2D eigenvalue weighted by molar-refractivity contribution is 5.86. The third kappa shape index (κ3) is 7.40. The van der Waals surface area contributed by atoms with Crippen LogP contribution in [-0.4, -0.2) is 30.7 Å². The minimum atomic E-state index is -0.987. The number of amides is 1. The number of carbonyl (C=O) groups excluding carboxylic acids is 1. The Bertz CT molecular complexity index is 1180. The predicted octanol–water partition coefficient (Wildman–Crippen LogP) is 7.01. The lowest BCUT2D eigenvalue weighted by Crippen LogP contribution is -2.34. The van der Waals surface area contributed by atoms with Crippen LogP contribution in [0.4, 0.5) is 0 Å². The summed E-state index contributed by atoms with van der Waals surface area (Å²) in [6.07, 6.45) is 10.2. The molecule has 0 atom stereocenters. The number of rotatable bonds is 13. The van der Waals surface area contributed by atoms with Gasteiger partial charge in [0.25, 0.3) is 0 Å². The summed E-state index contributed by atoms with van der Waals surface area (Å²) in [4.78, 5) is 22.0. The molecule has 0 bridgehead atoms. The van der Waals surface area contributed by atoms with Crippen LogP contribution in [0.25, 0.3) is 17.2 Å². The Morgan fingerprint density at radius 2 is 1.50 bits per heavy atom. The van der Waals surface area contributed by atoms with Crippen molar-refractivity contribution in [3.8, 4) is 22.6 Å². The number of hydrogen-bond donors (Lipinski definition) is 2. The van der Waals surface area contributed by atoms with Crippen LogP contribution in [0.5, 0.6) is 11.5 Å². The van der Waals surface area contributed by atoms with E-state index in [-0.39, 0.29) is 16.7 Å². The first kappa shape index (κ1) is 29.3. The Labute approximate surface area is 227 Å². The summed E-state index contributed by atoms with van der Waals surface area (Å²) < 4.78 is 12.2. The lowest BCUT2D eigenvalue weighted by atomic mass is 9.62. The number of hydrogen-bond acceptors (Lipinski definition) is 4. The van der Waals surface area contributed by atoms with Gasteiger partial charge in [0.05, 0.1) is 13.7 Å². The van der Waals surface area contributed by atoms with Gasteiger partial charge in [-0.3, -0.25) is 4.79 Å². The number of benzene rings is 2. The number of unbranched alkanes of at least 4 members (excludes halogenated alkanes) is 4. The fourth-order valence-electron chi connectivity index (χ4n) is 5.24. The second-order valence-electron chi connectivity index (χ2n) is 11.6. The number of nitrogens with two attached hydrogens (primary N) is 1. The van der Waals surface area contributed by atoms with Gasteiger partial charge in [-0.05, 0) is 83.5 Å². The van der Waals surface area contributed by atoms with Crippen LogP contribution < -0.4 is 15.2 Å². The van der Waals surface area contributed by atoms with Crippen molar-refractivity contribution in [3.63, 3.8) is 0 Å². The summed E-state index contributed by atoms with van der Waals surface area (Å²) in [5.41, 5.74) is 10.5. The number of carboxylic acids is 1. The SMILES string of the molecule is COc1ccc(C=CC(=O)O)cc1-c1cc2c(cc1OCCCCCCCC(N)=O)C(C)(C)CCC2(C)C. The highest BCUT2D eigenvalue weighted by atomic mass is 16.5. The molecule has 1 aliphatic rings. The zero-order valence-electron chi connectivity index (χ0n) is 23.6. The standard InChI is InChI=1S/C32H43NO5/c1-31(2)16-17-32(3,4)26-21-28(38-18-10-8-6-7-9-11-29(33)34)24(20-25(26)31)23-19-22(13-15-30(35)36)12-14-27(23)37-5/h12-15,19-21H,6-11,16-18H2,1-5H3,(H2,33,34)(H,35,36). The number of methoxy groups -OCH3 is 1. The van der Waals surface area contributed by atoms with Gasteiger partial charge in [-0.1, -0.05) is 53.0 Å². The normalized spacial score (nSPS) is 15.7. The maximum Gasteiger partial charge on any atom is 0.328 e. The highest BCUT2D eigenvalue weighted by Crippen LogP contribution is 2.50. The first-order chi connectivity index (χ1) is 17.9. The van der Waals surface area contributed by atoms with Crippen molar-refractivity contribution < 1.29 is 24.2 Å². The number of fused-ring (bicyclic) bond motifs is 1. The van der Waals surface area contributed by atoms with Crippen LogP contribution in [-0.2, 0) is 20.4 Å². The van der Waals surface area contributed by atoms with Gasteiger partial charge in [-0.15, -0.1) is 0 Å². The van der Waals surface area contributed by atoms with Gasteiger partial charge < -0.3 is 20.3 Å². The van der Waals surface area contributed by atoms with Gasteiger partial charge >= 0.3 is 5.97 Å². The highest BCUT2D eigenvalue weighted by Gasteiger charge is 2.38. The molecule has 3 N–H and O–H groups in total. The van der Waals surface area contributed by atoms with Crippen molar-refractivity contribution >= 4 is 18.0 Å². The first-order valence-corrected chi connectivity index (χ1v) is 13.6. The molecule has 206 valence electrons. The average Bonchev–Trinajstić information content (AvgIpc) is 2.86. The van der Waals surface area contributed by atoms with Gasteiger partial charge in [-0.25, -0.2) is 4.79 Å². The Hall–Kier alpha value is -3.28. The molecule has 0 unspecified atom stereocenters. The predicted molar refractivity (Wildman–Crippen MR) is 153 cm³/mol. The van der Waals surface area contributed by atoms with E-state index in [9.17, 15) is 9.59 Å². The maximum absolute atomic E-state index is 11.1. The smallest absolute Gasteiger partial charge is 0.328 e. The van der Waals surface area contributed by atoms with Crippen molar-refractivity contribution in [1.29, 1.82) is 0 Å². The Balaban J connectivity index is 1.97. The molecule has 1 aliphatic carbocycles. The molecule has 2 aromatic rings. The lowest BCUT2D eigenvalue weighted by molar-refractivity contribution is -0.131. The second-order valence-corrected chi connectivity index (χ2v) is 11.6. The van der Waals surface area contributed by atoms with Crippen LogP contribution in [0.2, 0.25) is 0 Å². The van der Waals surface area contributed by atoms with E-state index in [1.807, 2.05) is 18.2 Å². The molecular formula is C32H43NO5. The van der Waals surface area contributed by atoms with Crippen LogP contribution in [0, 0.1) is 0 Å². The molecule has 38 heavy (non-hydrogen) atoms. The van der Waals surface area contributed by atoms with E-state index in [1.54, 1.807) is 13.2 Å². The number of primary amides is 1. The summed E-state index contributed by atoms with van der Waals surface area (Å²) in [5, 5.41) is 9.11. The monoisotopic (exact) mass is 521 g/mol. The molecule has 6 nitrogen and oxygen atoms in total. The Morgan fingerprint density at radius 3 is 2.13 bits per heavy atom. The number of ether oxygens (including phenoxy) is 2. The Kier molecular flexibility index (Phi) is 9.64. The molecule has 3 rings (SSSR count). The fourth-order valence-corrected chi connectivity index (χ4v) is 5.24. The molecule has 2 aromatic carbocycles. The number of carbonyl (C=O) groups is 2. The quantitative estimate of drug-likeness (QED) is 0.218. The van der Waals surface area contributed by atoms with E-state index in [4.69, 9.17) is 20.3 Å².